The van der Waals surface area contributed by atoms with Crippen molar-refractivity contribution in [1.29, 1.82) is 0 Å². The van der Waals surface area contributed by atoms with E-state index in [4.69, 9.17) is 18.0 Å². The molecule has 0 bridgehead atoms. The first-order valence-corrected chi connectivity index (χ1v) is 8.46. The van der Waals surface area contributed by atoms with E-state index in [1.807, 2.05) is 6.26 Å². The molecule has 3 atom stereocenters. The molecule has 1 aliphatic carbocycles. The van der Waals surface area contributed by atoms with Gasteiger partial charge in [0.15, 0.2) is 0 Å². The summed E-state index contributed by atoms with van der Waals surface area (Å²) in [4.78, 5) is 0.0196. The van der Waals surface area contributed by atoms with Crippen LogP contribution in [0, 0.1) is 0 Å². The first kappa shape index (κ1) is 14.2. The van der Waals surface area contributed by atoms with Crippen LogP contribution in [0.4, 0.5) is 0 Å². The Hall–Kier alpha value is 0.150. The number of sulfonamides is 1. The van der Waals surface area contributed by atoms with Gasteiger partial charge in [0.2, 0.25) is 10.0 Å². The predicted octanol–water partition coefficient (Wildman–Crippen LogP) is 0.865. The van der Waals surface area contributed by atoms with Gasteiger partial charge < -0.3 is 5.73 Å². The molecule has 0 aliphatic heterocycles. The van der Waals surface area contributed by atoms with Crippen molar-refractivity contribution in [2.75, 3.05) is 6.26 Å². The van der Waals surface area contributed by atoms with Crippen molar-refractivity contribution in [2.24, 2.45) is 5.73 Å². The summed E-state index contributed by atoms with van der Waals surface area (Å²) in [6, 6.07) is 0.0248. The van der Waals surface area contributed by atoms with Gasteiger partial charge in [0.1, 0.15) is 5.25 Å². The van der Waals surface area contributed by atoms with Gasteiger partial charge in [-0.05, 0) is 26.0 Å². The molecule has 0 heterocycles. The average molecular weight is 282 g/mol. The highest BCUT2D eigenvalue weighted by molar-refractivity contribution is 7.99. The Balaban J connectivity index is 2.69. The maximum Gasteiger partial charge on any atom is 0.221 e. The van der Waals surface area contributed by atoms with Gasteiger partial charge in [-0.3, -0.25) is 0 Å². The van der Waals surface area contributed by atoms with Crippen LogP contribution < -0.4 is 10.5 Å². The zero-order valence-corrected chi connectivity index (χ0v) is 11.9. The quantitative estimate of drug-likeness (QED) is 0.732. The minimum atomic E-state index is -3.42. The minimum Gasteiger partial charge on any atom is -0.392 e. The third-order valence-corrected chi connectivity index (χ3v) is 6.43. The smallest absolute Gasteiger partial charge is 0.221 e. The van der Waals surface area contributed by atoms with Crippen molar-refractivity contribution >= 4 is 39.0 Å². The number of nitrogens with two attached hydrogens (primary N) is 1. The SMILES string of the molecule is CSC1CCCC1NS(=O)(=O)C(C)C(N)=S. The molecule has 94 valence electrons. The molecule has 1 fully saturated rings. The van der Waals surface area contributed by atoms with Gasteiger partial charge in [-0.2, -0.15) is 11.8 Å². The Bertz CT molecular complexity index is 356. The van der Waals surface area contributed by atoms with E-state index in [0.717, 1.165) is 19.3 Å². The largest absolute Gasteiger partial charge is 0.392 e. The van der Waals surface area contributed by atoms with Crippen molar-refractivity contribution in [3.05, 3.63) is 0 Å². The highest BCUT2D eigenvalue weighted by Gasteiger charge is 2.33. The van der Waals surface area contributed by atoms with Crippen molar-refractivity contribution in [3.8, 4) is 0 Å². The van der Waals surface area contributed by atoms with Gasteiger partial charge >= 0.3 is 0 Å². The monoisotopic (exact) mass is 282 g/mol. The van der Waals surface area contributed by atoms with Crippen molar-refractivity contribution in [3.63, 3.8) is 0 Å². The highest BCUT2D eigenvalue weighted by Crippen LogP contribution is 2.29. The van der Waals surface area contributed by atoms with Gasteiger partial charge in [0, 0.05) is 11.3 Å². The summed E-state index contributed by atoms with van der Waals surface area (Å²) < 4.78 is 26.5. The second-order valence-electron chi connectivity index (χ2n) is 4.02. The molecule has 1 saturated carbocycles. The van der Waals surface area contributed by atoms with Crippen LogP contribution >= 0.6 is 24.0 Å². The van der Waals surface area contributed by atoms with E-state index in [1.165, 1.54) is 6.92 Å². The predicted molar refractivity (Wildman–Crippen MR) is 73.2 cm³/mol. The standard InChI is InChI=1S/C9H18N2O2S3/c1-6(9(10)14)16(12,13)11-7-4-3-5-8(7)15-2/h6-8,11H,3-5H2,1-2H3,(H2,10,14). The lowest BCUT2D eigenvalue weighted by atomic mass is 10.3. The van der Waals surface area contributed by atoms with E-state index in [1.54, 1.807) is 11.8 Å². The summed E-state index contributed by atoms with van der Waals surface area (Å²) in [7, 11) is -3.42. The van der Waals surface area contributed by atoms with Crippen LogP contribution in [0.15, 0.2) is 0 Å². The summed E-state index contributed by atoms with van der Waals surface area (Å²) in [6.07, 6.45) is 5.04. The Morgan fingerprint density at radius 1 is 1.56 bits per heavy atom. The van der Waals surface area contributed by atoms with Crippen LogP contribution in [0.1, 0.15) is 26.2 Å². The van der Waals surface area contributed by atoms with E-state index >= 15 is 0 Å². The van der Waals surface area contributed by atoms with Crippen molar-refractivity contribution < 1.29 is 8.42 Å². The molecule has 1 rings (SSSR count). The Morgan fingerprint density at radius 3 is 2.69 bits per heavy atom. The third kappa shape index (κ3) is 3.32. The van der Waals surface area contributed by atoms with Crippen molar-refractivity contribution in [1.82, 2.24) is 4.72 Å². The zero-order chi connectivity index (χ0) is 12.3. The summed E-state index contributed by atoms with van der Waals surface area (Å²) in [5.41, 5.74) is 5.37. The molecule has 3 unspecified atom stereocenters. The van der Waals surface area contributed by atoms with Crippen LogP contribution in [0.25, 0.3) is 0 Å². The van der Waals surface area contributed by atoms with Crippen LogP contribution in [0.2, 0.25) is 0 Å². The first-order valence-electron chi connectivity index (χ1n) is 5.21. The molecule has 0 aromatic carbocycles. The number of rotatable bonds is 5. The van der Waals surface area contributed by atoms with Gasteiger partial charge in [0.05, 0.1) is 4.99 Å². The lowest BCUT2D eigenvalue weighted by Gasteiger charge is -2.21. The molecule has 0 aromatic heterocycles. The molecule has 0 saturated heterocycles. The Labute approximate surface area is 107 Å². The summed E-state index contributed by atoms with van der Waals surface area (Å²) in [6.45, 7) is 1.52. The summed E-state index contributed by atoms with van der Waals surface area (Å²) in [5.74, 6) is 0. The number of thiocarbonyl (C=S) groups is 1. The van der Waals surface area contributed by atoms with E-state index in [0.29, 0.717) is 5.25 Å². The van der Waals surface area contributed by atoms with E-state index in [9.17, 15) is 8.42 Å². The molecule has 0 aromatic rings. The second kappa shape index (κ2) is 5.66. The molecule has 3 N–H and O–H groups in total. The molecule has 0 amide bonds. The lowest BCUT2D eigenvalue weighted by Crippen LogP contribution is -2.46. The number of hydrogen-bond acceptors (Lipinski definition) is 4. The summed E-state index contributed by atoms with van der Waals surface area (Å²) >= 11 is 6.43. The van der Waals surface area contributed by atoms with Crippen LogP contribution in [0.5, 0.6) is 0 Å². The van der Waals surface area contributed by atoms with E-state index < -0.39 is 15.3 Å². The third-order valence-electron chi connectivity index (χ3n) is 2.94. The van der Waals surface area contributed by atoms with Gasteiger partial charge in [-0.15, -0.1) is 0 Å². The molecule has 4 nitrogen and oxygen atoms in total. The fourth-order valence-corrected chi connectivity index (χ4v) is 4.42. The number of nitrogens with one attached hydrogen (secondary N) is 1. The molecule has 0 radical (unpaired) electrons. The number of thioether (sulfide) groups is 1. The fourth-order valence-electron chi connectivity index (χ4n) is 1.81. The first-order chi connectivity index (χ1) is 7.38. The molecular formula is C9H18N2O2S3. The molecule has 0 spiro atoms. The average Bonchev–Trinajstić information content (AvgIpc) is 2.63. The van der Waals surface area contributed by atoms with Crippen molar-refractivity contribution in [2.45, 2.75) is 42.7 Å². The lowest BCUT2D eigenvalue weighted by molar-refractivity contribution is 0.552. The topological polar surface area (TPSA) is 72.2 Å². The maximum atomic E-state index is 11.9. The van der Waals surface area contributed by atoms with Gasteiger partial charge in [0.25, 0.3) is 0 Å². The van der Waals surface area contributed by atoms with E-state index in [2.05, 4.69) is 4.72 Å². The van der Waals surface area contributed by atoms with E-state index in [-0.39, 0.29) is 11.0 Å². The normalized spacial score (nSPS) is 27.9. The molecule has 16 heavy (non-hydrogen) atoms. The maximum absolute atomic E-state index is 11.9. The number of hydrogen-bond donors (Lipinski definition) is 2. The minimum absolute atomic E-state index is 0.0196. The second-order valence-corrected chi connectivity index (χ2v) is 7.60. The molecule has 7 heteroatoms. The van der Waals surface area contributed by atoms with Crippen LogP contribution in [-0.2, 0) is 10.0 Å². The van der Waals surface area contributed by atoms with Crippen LogP contribution in [0.3, 0.4) is 0 Å². The summed E-state index contributed by atoms with van der Waals surface area (Å²) in [5, 5.41) is -0.432. The fraction of sp³-hybridized carbons (Fsp3) is 0.889. The molecular weight excluding hydrogens is 264 g/mol. The van der Waals surface area contributed by atoms with Crippen LogP contribution in [-0.4, -0.2) is 36.2 Å². The Morgan fingerprint density at radius 2 is 2.19 bits per heavy atom. The highest BCUT2D eigenvalue weighted by atomic mass is 32.2. The molecule has 1 aliphatic rings. The zero-order valence-electron chi connectivity index (χ0n) is 9.47. The van der Waals surface area contributed by atoms with Gasteiger partial charge in [-0.1, -0.05) is 18.6 Å². The Kier molecular flexibility index (Phi) is 5.03. The van der Waals surface area contributed by atoms with Gasteiger partial charge in [-0.25, -0.2) is 13.1 Å².